The molecular formula is C30H43F3N4O4. The Balaban J connectivity index is 1.31. The summed E-state index contributed by atoms with van der Waals surface area (Å²) in [6.07, 6.45) is -0.165. The van der Waals surface area contributed by atoms with E-state index in [0.29, 0.717) is 50.8 Å². The molecule has 1 aromatic heterocycles. The molecule has 3 aliphatic heterocycles. The Morgan fingerprint density at radius 2 is 1.95 bits per heavy atom. The van der Waals surface area contributed by atoms with Crippen molar-refractivity contribution in [2.75, 3.05) is 26.2 Å². The fourth-order valence-corrected chi connectivity index (χ4v) is 7.08. The molecule has 1 aromatic rings. The molecule has 3 saturated heterocycles. The zero-order chi connectivity index (χ0) is 29.7. The van der Waals surface area contributed by atoms with Crippen LogP contribution in [0.4, 0.5) is 18.0 Å². The van der Waals surface area contributed by atoms with Gasteiger partial charge in [0.15, 0.2) is 0 Å². The summed E-state index contributed by atoms with van der Waals surface area (Å²) >= 11 is 0. The van der Waals surface area contributed by atoms with E-state index in [2.05, 4.69) is 28.6 Å². The molecule has 1 spiro atoms. The third kappa shape index (κ3) is 6.21. The van der Waals surface area contributed by atoms with Gasteiger partial charge in [0.25, 0.3) is 0 Å². The van der Waals surface area contributed by atoms with E-state index in [1.54, 1.807) is 4.90 Å². The topological polar surface area (TPSA) is 75.2 Å². The van der Waals surface area contributed by atoms with Crippen molar-refractivity contribution in [2.45, 2.75) is 103 Å². The second-order valence-electron chi connectivity index (χ2n) is 13.6. The van der Waals surface area contributed by atoms with Crippen molar-refractivity contribution in [1.82, 2.24) is 19.7 Å². The smallest absolute Gasteiger partial charge is 0.417 e. The van der Waals surface area contributed by atoms with Gasteiger partial charge in [0.2, 0.25) is 5.91 Å². The molecule has 41 heavy (non-hydrogen) atoms. The third-order valence-corrected chi connectivity index (χ3v) is 9.15. The molecule has 228 valence electrons. The lowest BCUT2D eigenvalue weighted by Gasteiger charge is -2.54. The summed E-state index contributed by atoms with van der Waals surface area (Å²) in [5.74, 6) is 0.915. The predicted octanol–water partition coefficient (Wildman–Crippen LogP) is 5.31. The molecule has 0 aromatic carbocycles. The number of amides is 2. The van der Waals surface area contributed by atoms with E-state index in [1.807, 2.05) is 20.8 Å². The molecule has 1 aliphatic carbocycles. The molecule has 1 saturated carbocycles. The van der Waals surface area contributed by atoms with Crippen molar-refractivity contribution in [3.05, 3.63) is 29.6 Å². The Kier molecular flexibility index (Phi) is 8.08. The number of piperidine rings is 1. The summed E-state index contributed by atoms with van der Waals surface area (Å²) in [6.45, 7) is 12.6. The summed E-state index contributed by atoms with van der Waals surface area (Å²) in [7, 11) is 0. The molecule has 5 rings (SSSR count). The number of carbonyl (C=O) groups is 2. The van der Waals surface area contributed by atoms with E-state index >= 15 is 0 Å². The van der Waals surface area contributed by atoms with Gasteiger partial charge in [0.1, 0.15) is 11.3 Å². The number of hydrogen-bond donors (Lipinski definition) is 0. The number of likely N-dealkylation sites (tertiary alicyclic amines) is 1. The lowest BCUT2D eigenvalue weighted by molar-refractivity contribution is -0.192. The van der Waals surface area contributed by atoms with Crippen molar-refractivity contribution < 1.29 is 32.2 Å². The summed E-state index contributed by atoms with van der Waals surface area (Å²) in [6, 6.07) is 2.81. The Bertz CT molecular complexity index is 1120. The molecule has 2 amide bonds. The lowest BCUT2D eigenvalue weighted by atomic mass is 9.72. The molecule has 4 heterocycles. The second-order valence-corrected chi connectivity index (χ2v) is 13.6. The Hall–Kier alpha value is -2.40. The lowest BCUT2D eigenvalue weighted by Crippen LogP contribution is -2.63. The molecule has 0 radical (unpaired) electrons. The van der Waals surface area contributed by atoms with Crippen LogP contribution in [0.5, 0.6) is 0 Å². The van der Waals surface area contributed by atoms with E-state index in [-0.39, 0.29) is 35.9 Å². The largest absolute Gasteiger partial charge is 0.444 e. The highest BCUT2D eigenvalue weighted by Gasteiger charge is 2.59. The number of nitrogens with zero attached hydrogens (tertiary/aromatic N) is 4. The monoisotopic (exact) mass is 580 g/mol. The van der Waals surface area contributed by atoms with Gasteiger partial charge in [0, 0.05) is 56.7 Å². The van der Waals surface area contributed by atoms with Crippen LogP contribution in [0.25, 0.3) is 0 Å². The fourth-order valence-electron chi connectivity index (χ4n) is 7.08. The Labute approximate surface area is 240 Å². The molecule has 4 atom stereocenters. The van der Waals surface area contributed by atoms with Gasteiger partial charge in [-0.3, -0.25) is 14.7 Å². The van der Waals surface area contributed by atoms with E-state index < -0.39 is 23.1 Å². The molecule has 0 bridgehead atoms. The standard InChI is InChI=1S/C30H43F3N4O4/c1-19(2)25-18-40-29-11-10-24(12-21(29)7-9-26(38)37(25)29)35(17-23-8-6-22(13-34-23)30(31,32)33)14-20-15-36(16-20)27(39)41-28(3,4)5/h6,8,13,19-21,24-25H,7,9-12,14-18H2,1-5H3/t21-,24+,25-,29-/m1/s1. The van der Waals surface area contributed by atoms with Crippen molar-refractivity contribution in [3.8, 4) is 0 Å². The van der Waals surface area contributed by atoms with Gasteiger partial charge < -0.3 is 19.3 Å². The van der Waals surface area contributed by atoms with Crippen LogP contribution < -0.4 is 0 Å². The minimum absolute atomic E-state index is 0.0862. The van der Waals surface area contributed by atoms with Gasteiger partial charge in [-0.2, -0.15) is 13.2 Å². The SMILES string of the molecule is CC(C)[C@H]1CO[C@]23CC[C@H](N(Cc4ccc(C(F)(F)F)cn4)CC4CN(C(=O)OC(C)(C)C)C4)C[C@H]2CCC(=O)N13. The molecule has 0 unspecified atom stereocenters. The Morgan fingerprint density at radius 3 is 2.56 bits per heavy atom. The quantitative estimate of drug-likeness (QED) is 0.454. The van der Waals surface area contributed by atoms with Crippen LogP contribution in [-0.4, -0.2) is 81.3 Å². The van der Waals surface area contributed by atoms with Crippen LogP contribution in [0.15, 0.2) is 18.3 Å². The summed E-state index contributed by atoms with van der Waals surface area (Å²) in [5, 5.41) is 0. The van der Waals surface area contributed by atoms with Crippen molar-refractivity contribution in [3.63, 3.8) is 0 Å². The van der Waals surface area contributed by atoms with Gasteiger partial charge in [-0.15, -0.1) is 0 Å². The van der Waals surface area contributed by atoms with Crippen LogP contribution in [0.3, 0.4) is 0 Å². The van der Waals surface area contributed by atoms with Crippen LogP contribution in [0.1, 0.15) is 78.0 Å². The van der Waals surface area contributed by atoms with Crippen LogP contribution in [0.2, 0.25) is 0 Å². The van der Waals surface area contributed by atoms with Gasteiger partial charge in [0.05, 0.1) is 23.9 Å². The van der Waals surface area contributed by atoms with E-state index in [0.717, 1.165) is 37.9 Å². The zero-order valence-electron chi connectivity index (χ0n) is 24.7. The minimum atomic E-state index is -4.43. The van der Waals surface area contributed by atoms with Crippen LogP contribution >= 0.6 is 0 Å². The van der Waals surface area contributed by atoms with Gasteiger partial charge in [-0.25, -0.2) is 4.79 Å². The number of pyridine rings is 1. The highest BCUT2D eigenvalue weighted by molar-refractivity contribution is 5.78. The molecular weight excluding hydrogens is 537 g/mol. The highest BCUT2D eigenvalue weighted by atomic mass is 19.4. The van der Waals surface area contributed by atoms with E-state index in [4.69, 9.17) is 9.47 Å². The number of alkyl halides is 3. The second kappa shape index (κ2) is 11.0. The summed E-state index contributed by atoms with van der Waals surface area (Å²) in [5.41, 5.74) is -1.29. The first kappa shape index (κ1) is 30.1. The van der Waals surface area contributed by atoms with E-state index in [9.17, 15) is 22.8 Å². The number of rotatable bonds is 6. The molecule has 4 fully saturated rings. The number of hydrogen-bond acceptors (Lipinski definition) is 6. The van der Waals surface area contributed by atoms with Gasteiger partial charge >= 0.3 is 12.3 Å². The number of halogens is 3. The maximum Gasteiger partial charge on any atom is 0.417 e. The average molecular weight is 581 g/mol. The Morgan fingerprint density at radius 1 is 1.22 bits per heavy atom. The first-order valence-electron chi connectivity index (χ1n) is 14.9. The molecule has 0 N–H and O–H groups in total. The summed E-state index contributed by atoms with van der Waals surface area (Å²) in [4.78, 5) is 35.8. The van der Waals surface area contributed by atoms with E-state index in [1.165, 1.54) is 6.07 Å². The van der Waals surface area contributed by atoms with Crippen molar-refractivity contribution in [2.24, 2.45) is 17.8 Å². The first-order valence-corrected chi connectivity index (χ1v) is 14.9. The molecule has 8 nitrogen and oxygen atoms in total. The maximum absolute atomic E-state index is 13.1. The normalized spacial score (nSPS) is 29.0. The fraction of sp³-hybridized carbons (Fsp3) is 0.767. The van der Waals surface area contributed by atoms with Gasteiger partial charge in [-0.05, 0) is 64.5 Å². The number of ether oxygens (including phenoxy) is 2. The summed E-state index contributed by atoms with van der Waals surface area (Å²) < 4.78 is 51.4. The zero-order valence-corrected chi connectivity index (χ0v) is 24.7. The minimum Gasteiger partial charge on any atom is -0.444 e. The predicted molar refractivity (Wildman–Crippen MR) is 145 cm³/mol. The highest BCUT2D eigenvalue weighted by Crippen LogP contribution is 2.51. The first-order chi connectivity index (χ1) is 19.2. The third-order valence-electron chi connectivity index (χ3n) is 9.15. The maximum atomic E-state index is 13.1. The van der Waals surface area contributed by atoms with Crippen LogP contribution in [-0.2, 0) is 27.0 Å². The molecule has 4 aliphatic rings. The number of carbonyl (C=O) groups excluding carboxylic acids is 2. The van der Waals surface area contributed by atoms with Crippen LogP contribution in [0, 0.1) is 17.8 Å². The van der Waals surface area contributed by atoms with Gasteiger partial charge in [-0.1, -0.05) is 13.8 Å². The number of aromatic nitrogens is 1. The average Bonchev–Trinajstić information content (AvgIpc) is 3.24. The van der Waals surface area contributed by atoms with Crippen molar-refractivity contribution in [1.29, 1.82) is 0 Å². The van der Waals surface area contributed by atoms with Crippen molar-refractivity contribution >= 4 is 12.0 Å². The molecule has 11 heteroatoms.